The van der Waals surface area contributed by atoms with E-state index in [4.69, 9.17) is 46.4 Å². The van der Waals surface area contributed by atoms with Crippen molar-refractivity contribution in [3.63, 3.8) is 0 Å². The predicted molar refractivity (Wildman–Crippen MR) is 77.3 cm³/mol. The van der Waals surface area contributed by atoms with Crippen LogP contribution in [-0.2, 0) is 0 Å². The molecule has 2 aromatic carbocycles. The van der Waals surface area contributed by atoms with E-state index in [0.717, 1.165) is 6.29 Å². The lowest BCUT2D eigenvalue weighted by atomic mass is 10.0. The fourth-order valence-electron chi connectivity index (χ4n) is 1.60. The number of hydrogen-bond acceptors (Lipinski definition) is 1. The first-order valence-corrected chi connectivity index (χ1v) is 6.44. The van der Waals surface area contributed by atoms with Crippen molar-refractivity contribution >= 4 is 52.7 Å². The van der Waals surface area contributed by atoms with E-state index in [1.54, 1.807) is 30.3 Å². The largest absolute Gasteiger partial charge is 0.298 e. The third kappa shape index (κ3) is 2.50. The molecule has 0 saturated heterocycles. The Hall–Kier alpha value is -0.730. The highest BCUT2D eigenvalue weighted by molar-refractivity contribution is 6.49. The maximum absolute atomic E-state index is 11.0. The lowest BCUT2D eigenvalue weighted by Crippen LogP contribution is -1.89. The lowest BCUT2D eigenvalue weighted by Gasteiger charge is -2.10. The molecule has 1 nitrogen and oxygen atoms in total. The van der Waals surface area contributed by atoms with Gasteiger partial charge in [0.15, 0.2) is 6.29 Å². The molecule has 0 aromatic heterocycles. The van der Waals surface area contributed by atoms with Gasteiger partial charge in [-0.1, -0.05) is 52.5 Å². The van der Waals surface area contributed by atoms with Crippen LogP contribution in [0.15, 0.2) is 30.3 Å². The molecule has 0 aliphatic carbocycles. The van der Waals surface area contributed by atoms with Gasteiger partial charge in [0.1, 0.15) is 0 Å². The summed E-state index contributed by atoms with van der Waals surface area (Å²) in [5.74, 6) is 0. The first-order valence-electron chi connectivity index (χ1n) is 4.93. The summed E-state index contributed by atoms with van der Waals surface area (Å²) in [6.07, 6.45) is 0.741. The number of halogens is 4. The standard InChI is InChI=1S/C13H6Cl4O/c14-8-2-1-7(6-18)10(5-8)9-3-4-11(15)13(17)12(9)16/h1-6H. The average Bonchev–Trinajstić information content (AvgIpc) is 2.36. The maximum atomic E-state index is 11.0. The third-order valence-electron chi connectivity index (χ3n) is 2.47. The van der Waals surface area contributed by atoms with Gasteiger partial charge < -0.3 is 0 Å². The summed E-state index contributed by atoms with van der Waals surface area (Å²) in [6, 6.07) is 8.26. The molecule has 0 heterocycles. The van der Waals surface area contributed by atoms with E-state index in [0.29, 0.717) is 31.8 Å². The maximum Gasteiger partial charge on any atom is 0.150 e. The highest BCUT2D eigenvalue weighted by Crippen LogP contribution is 2.39. The predicted octanol–water partition coefficient (Wildman–Crippen LogP) is 5.78. The molecule has 0 aliphatic rings. The van der Waals surface area contributed by atoms with Crippen LogP contribution in [0.4, 0.5) is 0 Å². The Bertz CT molecular complexity index is 623. The first kappa shape index (κ1) is 13.7. The van der Waals surface area contributed by atoms with Crippen molar-refractivity contribution < 1.29 is 4.79 Å². The summed E-state index contributed by atoms with van der Waals surface area (Å²) in [5, 5.41) is 1.43. The van der Waals surface area contributed by atoms with Gasteiger partial charge in [-0.25, -0.2) is 0 Å². The SMILES string of the molecule is O=Cc1ccc(Cl)cc1-c1ccc(Cl)c(Cl)c1Cl. The van der Waals surface area contributed by atoms with Crippen LogP contribution in [0.3, 0.4) is 0 Å². The Kier molecular flexibility index (Phi) is 4.18. The van der Waals surface area contributed by atoms with Crippen LogP contribution in [0, 0.1) is 0 Å². The molecule has 0 N–H and O–H groups in total. The number of aldehydes is 1. The minimum absolute atomic E-state index is 0.257. The molecule has 92 valence electrons. The van der Waals surface area contributed by atoms with Crippen LogP contribution in [0.25, 0.3) is 11.1 Å². The fraction of sp³-hybridized carbons (Fsp3) is 0. The van der Waals surface area contributed by atoms with E-state index in [2.05, 4.69) is 0 Å². The molecule has 0 saturated carbocycles. The molecule has 0 fully saturated rings. The number of carbonyl (C=O) groups excluding carboxylic acids is 1. The summed E-state index contributed by atoms with van der Waals surface area (Å²) in [6.45, 7) is 0. The normalized spacial score (nSPS) is 10.4. The zero-order chi connectivity index (χ0) is 13.3. The molecular formula is C13H6Cl4O. The number of benzene rings is 2. The first-order chi connectivity index (χ1) is 8.54. The lowest BCUT2D eigenvalue weighted by molar-refractivity contribution is 0.112. The highest BCUT2D eigenvalue weighted by atomic mass is 35.5. The van der Waals surface area contributed by atoms with E-state index in [9.17, 15) is 4.79 Å². The molecule has 0 spiro atoms. The van der Waals surface area contributed by atoms with E-state index < -0.39 is 0 Å². The molecule has 0 bridgehead atoms. The molecular weight excluding hydrogens is 314 g/mol. The van der Waals surface area contributed by atoms with Gasteiger partial charge in [-0.15, -0.1) is 0 Å². The highest BCUT2D eigenvalue weighted by Gasteiger charge is 2.13. The van der Waals surface area contributed by atoms with Crippen LogP contribution in [0.2, 0.25) is 20.1 Å². The molecule has 0 unspecified atom stereocenters. The third-order valence-corrected chi connectivity index (χ3v) is 4.00. The molecule has 18 heavy (non-hydrogen) atoms. The zero-order valence-corrected chi connectivity index (χ0v) is 11.9. The summed E-state index contributed by atoms with van der Waals surface area (Å²) < 4.78 is 0. The molecule has 2 rings (SSSR count). The average molecular weight is 320 g/mol. The minimum atomic E-state index is 0.257. The monoisotopic (exact) mass is 318 g/mol. The Balaban J connectivity index is 2.72. The number of rotatable bonds is 2. The molecule has 2 aromatic rings. The van der Waals surface area contributed by atoms with Crippen molar-refractivity contribution in [2.45, 2.75) is 0 Å². The molecule has 0 radical (unpaired) electrons. The topological polar surface area (TPSA) is 17.1 Å². The van der Waals surface area contributed by atoms with Gasteiger partial charge in [-0.05, 0) is 29.8 Å². The van der Waals surface area contributed by atoms with Crippen molar-refractivity contribution in [2.24, 2.45) is 0 Å². The second-order valence-electron chi connectivity index (χ2n) is 3.57. The van der Waals surface area contributed by atoms with Gasteiger partial charge >= 0.3 is 0 Å². The van der Waals surface area contributed by atoms with Gasteiger partial charge in [0.25, 0.3) is 0 Å². The Morgan fingerprint density at radius 3 is 2.22 bits per heavy atom. The fourth-order valence-corrected chi connectivity index (χ4v) is 2.41. The molecule has 0 aliphatic heterocycles. The number of hydrogen-bond donors (Lipinski definition) is 0. The summed E-state index contributed by atoms with van der Waals surface area (Å²) in [4.78, 5) is 11.0. The van der Waals surface area contributed by atoms with E-state index in [-0.39, 0.29) is 5.02 Å². The Morgan fingerprint density at radius 2 is 1.56 bits per heavy atom. The summed E-state index contributed by atoms with van der Waals surface area (Å²) >= 11 is 23.9. The van der Waals surface area contributed by atoms with Crippen LogP contribution < -0.4 is 0 Å². The number of carbonyl (C=O) groups is 1. The van der Waals surface area contributed by atoms with Crippen LogP contribution in [0.5, 0.6) is 0 Å². The Labute approximate surface area is 124 Å². The molecule has 5 heteroatoms. The van der Waals surface area contributed by atoms with Gasteiger partial charge in [0, 0.05) is 16.1 Å². The van der Waals surface area contributed by atoms with Crippen LogP contribution in [-0.4, -0.2) is 6.29 Å². The van der Waals surface area contributed by atoms with Gasteiger partial charge in [-0.2, -0.15) is 0 Å². The molecule has 0 amide bonds. The summed E-state index contributed by atoms with van der Waals surface area (Å²) in [7, 11) is 0. The quantitative estimate of drug-likeness (QED) is 0.506. The van der Waals surface area contributed by atoms with Crippen LogP contribution >= 0.6 is 46.4 Å². The van der Waals surface area contributed by atoms with E-state index >= 15 is 0 Å². The smallest absolute Gasteiger partial charge is 0.150 e. The molecule has 0 atom stereocenters. The Morgan fingerprint density at radius 1 is 0.833 bits per heavy atom. The zero-order valence-electron chi connectivity index (χ0n) is 8.88. The minimum Gasteiger partial charge on any atom is -0.298 e. The van der Waals surface area contributed by atoms with Crippen molar-refractivity contribution in [2.75, 3.05) is 0 Å². The van der Waals surface area contributed by atoms with Crippen molar-refractivity contribution in [1.82, 2.24) is 0 Å². The van der Waals surface area contributed by atoms with Gasteiger partial charge in [0.2, 0.25) is 0 Å². The van der Waals surface area contributed by atoms with E-state index in [1.807, 2.05) is 0 Å². The van der Waals surface area contributed by atoms with Crippen molar-refractivity contribution in [3.05, 3.63) is 56.0 Å². The van der Waals surface area contributed by atoms with Crippen molar-refractivity contribution in [3.8, 4) is 11.1 Å². The van der Waals surface area contributed by atoms with Crippen LogP contribution in [0.1, 0.15) is 10.4 Å². The van der Waals surface area contributed by atoms with Crippen molar-refractivity contribution in [1.29, 1.82) is 0 Å². The second kappa shape index (κ2) is 5.50. The van der Waals surface area contributed by atoms with E-state index in [1.165, 1.54) is 0 Å². The second-order valence-corrected chi connectivity index (χ2v) is 5.17. The van der Waals surface area contributed by atoms with Gasteiger partial charge in [0.05, 0.1) is 15.1 Å². The summed E-state index contributed by atoms with van der Waals surface area (Å²) in [5.41, 5.74) is 1.73. The van der Waals surface area contributed by atoms with Gasteiger partial charge in [-0.3, -0.25) is 4.79 Å².